The van der Waals surface area contributed by atoms with Crippen LogP contribution in [0.5, 0.6) is 0 Å². The van der Waals surface area contributed by atoms with Crippen molar-refractivity contribution in [2.75, 3.05) is 6.54 Å². The Hall–Kier alpha value is -1.43. The van der Waals surface area contributed by atoms with Gasteiger partial charge in [0.05, 0.1) is 6.54 Å². The van der Waals surface area contributed by atoms with Gasteiger partial charge in [-0.1, -0.05) is 12.8 Å². The largest absolute Gasteiger partial charge is 0.352 e. The van der Waals surface area contributed by atoms with Gasteiger partial charge < -0.3 is 11.1 Å². The SMILES string of the molecule is NCC(NC(=O)CCn1cncn1)C1CCCC1. The van der Waals surface area contributed by atoms with E-state index >= 15 is 0 Å². The predicted molar refractivity (Wildman–Crippen MR) is 67.6 cm³/mol. The maximum Gasteiger partial charge on any atom is 0.222 e. The molecule has 6 heteroatoms. The average molecular weight is 251 g/mol. The summed E-state index contributed by atoms with van der Waals surface area (Å²) in [5, 5.41) is 7.01. The average Bonchev–Trinajstić information content (AvgIpc) is 3.05. The fourth-order valence-electron chi connectivity index (χ4n) is 2.57. The van der Waals surface area contributed by atoms with E-state index in [1.807, 2.05) is 0 Å². The molecule has 1 saturated carbocycles. The lowest BCUT2D eigenvalue weighted by atomic mass is 9.98. The fraction of sp³-hybridized carbons (Fsp3) is 0.750. The molecule has 100 valence electrons. The number of nitrogens with two attached hydrogens (primary N) is 1. The maximum absolute atomic E-state index is 11.8. The van der Waals surface area contributed by atoms with Crippen LogP contribution in [-0.4, -0.2) is 33.3 Å². The van der Waals surface area contributed by atoms with Gasteiger partial charge in [-0.3, -0.25) is 9.48 Å². The van der Waals surface area contributed by atoms with E-state index in [2.05, 4.69) is 15.4 Å². The third kappa shape index (κ3) is 3.53. The smallest absolute Gasteiger partial charge is 0.222 e. The Balaban J connectivity index is 1.74. The van der Waals surface area contributed by atoms with Crippen molar-refractivity contribution in [1.82, 2.24) is 20.1 Å². The minimum absolute atomic E-state index is 0.0489. The van der Waals surface area contributed by atoms with Crippen LogP contribution >= 0.6 is 0 Å². The molecular formula is C12H21N5O. The van der Waals surface area contributed by atoms with Crippen molar-refractivity contribution in [2.24, 2.45) is 11.7 Å². The predicted octanol–water partition coefficient (Wildman–Crippen LogP) is 0.302. The number of aromatic nitrogens is 3. The van der Waals surface area contributed by atoms with E-state index < -0.39 is 0 Å². The van der Waals surface area contributed by atoms with Gasteiger partial charge in [0.2, 0.25) is 5.91 Å². The molecule has 1 aromatic rings. The summed E-state index contributed by atoms with van der Waals surface area (Å²) in [5.74, 6) is 0.609. The number of nitrogens with one attached hydrogen (secondary N) is 1. The van der Waals surface area contributed by atoms with Crippen molar-refractivity contribution < 1.29 is 4.79 Å². The van der Waals surface area contributed by atoms with E-state index in [4.69, 9.17) is 5.73 Å². The standard InChI is InChI=1S/C12H21N5O/c13-7-11(10-3-1-2-4-10)16-12(18)5-6-17-9-14-8-15-17/h8-11H,1-7,13H2,(H,16,18). The molecule has 1 unspecified atom stereocenters. The molecule has 1 heterocycles. The molecule has 1 aliphatic rings. The van der Waals surface area contributed by atoms with Crippen LogP contribution in [0.25, 0.3) is 0 Å². The van der Waals surface area contributed by atoms with Crippen LogP contribution in [0.3, 0.4) is 0 Å². The number of nitrogens with zero attached hydrogens (tertiary/aromatic N) is 3. The third-order valence-corrected chi connectivity index (χ3v) is 3.60. The lowest BCUT2D eigenvalue weighted by Gasteiger charge is -2.23. The number of carbonyl (C=O) groups is 1. The van der Waals surface area contributed by atoms with Gasteiger partial charge in [-0.15, -0.1) is 0 Å². The zero-order valence-electron chi connectivity index (χ0n) is 10.6. The molecule has 1 amide bonds. The second-order valence-electron chi connectivity index (χ2n) is 4.86. The van der Waals surface area contributed by atoms with Gasteiger partial charge in [0, 0.05) is 19.0 Å². The first kappa shape index (κ1) is 13.0. The van der Waals surface area contributed by atoms with Crippen LogP contribution in [0, 0.1) is 5.92 Å². The van der Waals surface area contributed by atoms with Crippen LogP contribution in [0.15, 0.2) is 12.7 Å². The summed E-state index contributed by atoms with van der Waals surface area (Å²) >= 11 is 0. The Kier molecular flexibility index (Phi) is 4.69. The Morgan fingerprint density at radius 1 is 1.50 bits per heavy atom. The summed E-state index contributed by atoms with van der Waals surface area (Å²) in [6.07, 6.45) is 8.40. The minimum atomic E-state index is 0.0489. The van der Waals surface area contributed by atoms with E-state index in [0.717, 1.165) is 0 Å². The van der Waals surface area contributed by atoms with Crippen LogP contribution in [0.1, 0.15) is 32.1 Å². The van der Waals surface area contributed by atoms with E-state index in [-0.39, 0.29) is 11.9 Å². The maximum atomic E-state index is 11.8. The number of carbonyl (C=O) groups excluding carboxylic acids is 1. The van der Waals surface area contributed by atoms with Crippen molar-refractivity contribution >= 4 is 5.91 Å². The van der Waals surface area contributed by atoms with E-state index in [0.29, 0.717) is 25.4 Å². The molecule has 6 nitrogen and oxygen atoms in total. The third-order valence-electron chi connectivity index (χ3n) is 3.60. The number of hydrogen-bond donors (Lipinski definition) is 2. The summed E-state index contributed by atoms with van der Waals surface area (Å²) in [4.78, 5) is 15.7. The second-order valence-corrected chi connectivity index (χ2v) is 4.86. The molecule has 1 aliphatic carbocycles. The molecular weight excluding hydrogens is 230 g/mol. The van der Waals surface area contributed by atoms with Crippen molar-refractivity contribution in [3.05, 3.63) is 12.7 Å². The van der Waals surface area contributed by atoms with Crippen LogP contribution < -0.4 is 11.1 Å². The summed E-state index contributed by atoms with van der Waals surface area (Å²) in [6, 6.07) is 0.135. The molecule has 0 bridgehead atoms. The Bertz CT molecular complexity index is 359. The highest BCUT2D eigenvalue weighted by molar-refractivity contribution is 5.76. The number of hydrogen-bond acceptors (Lipinski definition) is 4. The quantitative estimate of drug-likeness (QED) is 0.761. The van der Waals surface area contributed by atoms with Gasteiger partial charge in [0.15, 0.2) is 0 Å². The Morgan fingerprint density at radius 3 is 2.89 bits per heavy atom. The highest BCUT2D eigenvalue weighted by Crippen LogP contribution is 2.27. The molecule has 0 saturated heterocycles. The van der Waals surface area contributed by atoms with Crippen molar-refractivity contribution in [3.63, 3.8) is 0 Å². The molecule has 0 aliphatic heterocycles. The zero-order valence-corrected chi connectivity index (χ0v) is 10.6. The molecule has 1 aromatic heterocycles. The van der Waals surface area contributed by atoms with E-state index in [1.54, 1.807) is 11.0 Å². The zero-order chi connectivity index (χ0) is 12.8. The monoisotopic (exact) mass is 251 g/mol. The van der Waals surface area contributed by atoms with Gasteiger partial charge >= 0.3 is 0 Å². The lowest BCUT2D eigenvalue weighted by molar-refractivity contribution is -0.122. The first-order valence-corrected chi connectivity index (χ1v) is 6.61. The lowest BCUT2D eigenvalue weighted by Crippen LogP contribution is -2.44. The van der Waals surface area contributed by atoms with Gasteiger partial charge in [0.1, 0.15) is 12.7 Å². The molecule has 3 N–H and O–H groups in total. The van der Waals surface area contributed by atoms with Crippen LogP contribution in [-0.2, 0) is 11.3 Å². The van der Waals surface area contributed by atoms with E-state index in [9.17, 15) is 4.79 Å². The fourth-order valence-corrected chi connectivity index (χ4v) is 2.57. The van der Waals surface area contributed by atoms with Crippen LogP contribution in [0.4, 0.5) is 0 Å². The van der Waals surface area contributed by atoms with Crippen molar-refractivity contribution in [1.29, 1.82) is 0 Å². The highest BCUT2D eigenvalue weighted by Gasteiger charge is 2.24. The topological polar surface area (TPSA) is 85.8 Å². The summed E-state index contributed by atoms with van der Waals surface area (Å²) < 4.78 is 1.66. The van der Waals surface area contributed by atoms with Gasteiger partial charge in [-0.05, 0) is 18.8 Å². The van der Waals surface area contributed by atoms with E-state index in [1.165, 1.54) is 32.0 Å². The Morgan fingerprint density at radius 2 is 2.28 bits per heavy atom. The Labute approximate surface area is 107 Å². The summed E-state index contributed by atoms with van der Waals surface area (Å²) in [7, 11) is 0. The van der Waals surface area contributed by atoms with Gasteiger partial charge in [-0.2, -0.15) is 5.10 Å². The minimum Gasteiger partial charge on any atom is -0.352 e. The first-order chi connectivity index (χ1) is 8.79. The molecule has 2 rings (SSSR count). The molecule has 1 fully saturated rings. The molecule has 0 spiro atoms. The first-order valence-electron chi connectivity index (χ1n) is 6.61. The molecule has 0 radical (unpaired) electrons. The number of rotatable bonds is 6. The molecule has 18 heavy (non-hydrogen) atoms. The summed E-state index contributed by atoms with van der Waals surface area (Å²) in [6.45, 7) is 1.09. The normalized spacial score (nSPS) is 17.8. The van der Waals surface area contributed by atoms with Gasteiger partial charge in [-0.25, -0.2) is 4.98 Å². The van der Waals surface area contributed by atoms with Crippen molar-refractivity contribution in [3.8, 4) is 0 Å². The summed E-state index contributed by atoms with van der Waals surface area (Å²) in [5.41, 5.74) is 5.75. The van der Waals surface area contributed by atoms with Gasteiger partial charge in [0.25, 0.3) is 0 Å². The number of aryl methyl sites for hydroxylation is 1. The second kappa shape index (κ2) is 6.49. The van der Waals surface area contributed by atoms with Crippen molar-refractivity contribution in [2.45, 2.75) is 44.7 Å². The highest BCUT2D eigenvalue weighted by atomic mass is 16.1. The van der Waals surface area contributed by atoms with Crippen LogP contribution in [0.2, 0.25) is 0 Å². The molecule has 0 aromatic carbocycles. The number of amides is 1. The molecule has 1 atom stereocenters.